The van der Waals surface area contributed by atoms with Crippen LogP contribution in [0.1, 0.15) is 10.4 Å². The highest BCUT2D eigenvalue weighted by atomic mass is 16.4. The van der Waals surface area contributed by atoms with Crippen LogP contribution < -0.4 is 4.90 Å². The van der Waals surface area contributed by atoms with Crippen molar-refractivity contribution < 1.29 is 9.90 Å². The van der Waals surface area contributed by atoms with E-state index in [1.165, 1.54) is 0 Å². The predicted molar refractivity (Wildman–Crippen MR) is 81.5 cm³/mol. The number of aromatic nitrogens is 3. The maximum absolute atomic E-state index is 11.0. The minimum absolute atomic E-state index is 0.226. The second-order valence-corrected chi connectivity index (χ2v) is 4.45. The SMILES string of the molecule is O=C(O)c1ccc(N(c2cccnc2)c2ncccn2)cc1. The fraction of sp³-hybridized carbons (Fsp3) is 0. The van der Waals surface area contributed by atoms with Gasteiger partial charge in [0.25, 0.3) is 0 Å². The molecule has 3 rings (SSSR count). The summed E-state index contributed by atoms with van der Waals surface area (Å²) < 4.78 is 0. The van der Waals surface area contributed by atoms with E-state index in [-0.39, 0.29) is 5.56 Å². The third kappa shape index (κ3) is 2.76. The first-order chi connectivity index (χ1) is 10.8. The highest BCUT2D eigenvalue weighted by Gasteiger charge is 2.15. The second-order valence-electron chi connectivity index (χ2n) is 4.45. The molecular weight excluding hydrogens is 280 g/mol. The van der Waals surface area contributed by atoms with Crippen LogP contribution in [0.5, 0.6) is 0 Å². The van der Waals surface area contributed by atoms with Gasteiger partial charge in [0.15, 0.2) is 0 Å². The molecule has 1 aromatic carbocycles. The Kier molecular flexibility index (Phi) is 3.74. The van der Waals surface area contributed by atoms with Gasteiger partial charge in [-0.05, 0) is 42.5 Å². The average molecular weight is 292 g/mol. The zero-order valence-electron chi connectivity index (χ0n) is 11.5. The highest BCUT2D eigenvalue weighted by molar-refractivity contribution is 5.88. The lowest BCUT2D eigenvalue weighted by molar-refractivity contribution is 0.0697. The standard InChI is InChI=1S/C16H12N4O2/c21-15(22)12-4-6-13(7-5-12)20(14-3-1-8-17-11-14)16-18-9-2-10-19-16/h1-11H,(H,21,22). The Morgan fingerprint density at radius 3 is 2.23 bits per heavy atom. The lowest BCUT2D eigenvalue weighted by Gasteiger charge is -2.22. The van der Waals surface area contributed by atoms with E-state index in [4.69, 9.17) is 5.11 Å². The van der Waals surface area contributed by atoms with Gasteiger partial charge in [0.1, 0.15) is 0 Å². The Labute approximate surface area is 126 Å². The van der Waals surface area contributed by atoms with Crippen LogP contribution in [-0.2, 0) is 0 Å². The van der Waals surface area contributed by atoms with Crippen LogP contribution in [0.3, 0.4) is 0 Å². The number of aromatic carboxylic acids is 1. The van der Waals surface area contributed by atoms with E-state index in [1.807, 2.05) is 12.1 Å². The Hall–Kier alpha value is -3.28. The summed E-state index contributed by atoms with van der Waals surface area (Å²) in [6.45, 7) is 0. The summed E-state index contributed by atoms with van der Waals surface area (Å²) >= 11 is 0. The van der Waals surface area contributed by atoms with E-state index in [2.05, 4.69) is 15.0 Å². The molecule has 0 saturated carbocycles. The van der Waals surface area contributed by atoms with Gasteiger partial charge in [-0.3, -0.25) is 9.88 Å². The molecule has 0 radical (unpaired) electrons. The van der Waals surface area contributed by atoms with Crippen LogP contribution >= 0.6 is 0 Å². The number of carboxylic acids is 1. The van der Waals surface area contributed by atoms with Gasteiger partial charge >= 0.3 is 5.97 Å². The largest absolute Gasteiger partial charge is 0.478 e. The van der Waals surface area contributed by atoms with Crippen LogP contribution in [0.2, 0.25) is 0 Å². The van der Waals surface area contributed by atoms with Gasteiger partial charge in [0.05, 0.1) is 17.4 Å². The monoisotopic (exact) mass is 292 g/mol. The highest BCUT2D eigenvalue weighted by Crippen LogP contribution is 2.30. The van der Waals surface area contributed by atoms with Gasteiger partial charge in [0.2, 0.25) is 5.95 Å². The third-order valence-electron chi connectivity index (χ3n) is 3.03. The van der Waals surface area contributed by atoms with Crippen molar-refractivity contribution in [2.75, 3.05) is 4.90 Å². The third-order valence-corrected chi connectivity index (χ3v) is 3.03. The fourth-order valence-corrected chi connectivity index (χ4v) is 2.03. The molecule has 0 aliphatic heterocycles. The number of anilines is 3. The van der Waals surface area contributed by atoms with E-state index in [0.717, 1.165) is 11.4 Å². The molecule has 2 heterocycles. The molecule has 0 amide bonds. The van der Waals surface area contributed by atoms with Crippen LogP contribution in [0.4, 0.5) is 17.3 Å². The van der Waals surface area contributed by atoms with Crippen molar-refractivity contribution in [3.63, 3.8) is 0 Å². The zero-order chi connectivity index (χ0) is 15.4. The number of hydrogen-bond donors (Lipinski definition) is 1. The first kappa shape index (κ1) is 13.7. The van der Waals surface area contributed by atoms with Gasteiger partial charge in [-0.1, -0.05) is 0 Å². The van der Waals surface area contributed by atoms with E-state index < -0.39 is 5.97 Å². The predicted octanol–water partition coefficient (Wildman–Crippen LogP) is 3.04. The molecule has 2 aromatic heterocycles. The zero-order valence-corrected chi connectivity index (χ0v) is 11.5. The molecule has 6 heteroatoms. The molecule has 0 aliphatic rings. The smallest absolute Gasteiger partial charge is 0.335 e. The number of nitrogens with zero attached hydrogens (tertiary/aromatic N) is 4. The quantitative estimate of drug-likeness (QED) is 0.796. The molecule has 0 aliphatic carbocycles. The van der Waals surface area contributed by atoms with E-state index in [0.29, 0.717) is 5.95 Å². The van der Waals surface area contributed by atoms with Crippen LogP contribution in [0, 0.1) is 0 Å². The van der Waals surface area contributed by atoms with Gasteiger partial charge in [-0.2, -0.15) is 0 Å². The van der Waals surface area contributed by atoms with Crippen molar-refractivity contribution in [1.29, 1.82) is 0 Å². The Morgan fingerprint density at radius 1 is 0.909 bits per heavy atom. The molecule has 0 atom stereocenters. The van der Waals surface area contributed by atoms with Crippen molar-refractivity contribution in [2.45, 2.75) is 0 Å². The second kappa shape index (κ2) is 6.01. The molecule has 1 N–H and O–H groups in total. The topological polar surface area (TPSA) is 79.2 Å². The average Bonchev–Trinajstić information content (AvgIpc) is 2.57. The number of benzene rings is 1. The summed E-state index contributed by atoms with van der Waals surface area (Å²) in [7, 11) is 0. The first-order valence-electron chi connectivity index (χ1n) is 6.56. The molecule has 22 heavy (non-hydrogen) atoms. The molecular formula is C16H12N4O2. The number of carbonyl (C=O) groups is 1. The molecule has 0 fully saturated rings. The van der Waals surface area contributed by atoms with Crippen LogP contribution in [-0.4, -0.2) is 26.0 Å². The lowest BCUT2D eigenvalue weighted by Crippen LogP contribution is -2.13. The first-order valence-corrected chi connectivity index (χ1v) is 6.56. The Balaban J connectivity index is 2.08. The summed E-state index contributed by atoms with van der Waals surface area (Å²) in [6, 6.07) is 12.0. The van der Waals surface area contributed by atoms with Gasteiger partial charge in [0, 0.05) is 24.3 Å². The van der Waals surface area contributed by atoms with Gasteiger partial charge < -0.3 is 5.11 Å². The fourth-order valence-electron chi connectivity index (χ4n) is 2.03. The van der Waals surface area contributed by atoms with Crippen molar-refractivity contribution in [3.8, 4) is 0 Å². The van der Waals surface area contributed by atoms with Crippen molar-refractivity contribution in [3.05, 3.63) is 72.8 Å². The summed E-state index contributed by atoms with van der Waals surface area (Å²) in [5, 5.41) is 9.00. The van der Waals surface area contributed by atoms with Crippen molar-refractivity contribution in [1.82, 2.24) is 15.0 Å². The molecule has 0 bridgehead atoms. The Bertz CT molecular complexity index is 722. The minimum Gasteiger partial charge on any atom is -0.478 e. The maximum atomic E-state index is 11.0. The summed E-state index contributed by atoms with van der Waals surface area (Å²) in [5.74, 6) is -0.478. The van der Waals surface area contributed by atoms with Gasteiger partial charge in [-0.15, -0.1) is 0 Å². The van der Waals surface area contributed by atoms with Crippen molar-refractivity contribution in [2.24, 2.45) is 0 Å². The Morgan fingerprint density at radius 2 is 1.64 bits per heavy atom. The summed E-state index contributed by atoms with van der Waals surface area (Å²) in [5.41, 5.74) is 1.77. The molecule has 3 aromatic rings. The molecule has 0 saturated heterocycles. The van der Waals surface area contributed by atoms with E-state index >= 15 is 0 Å². The van der Waals surface area contributed by atoms with Crippen molar-refractivity contribution >= 4 is 23.3 Å². The molecule has 6 nitrogen and oxygen atoms in total. The minimum atomic E-state index is -0.963. The number of carboxylic acid groups (broad SMARTS) is 1. The maximum Gasteiger partial charge on any atom is 0.335 e. The number of hydrogen-bond acceptors (Lipinski definition) is 5. The number of rotatable bonds is 4. The van der Waals surface area contributed by atoms with Crippen LogP contribution in [0.15, 0.2) is 67.3 Å². The molecule has 0 spiro atoms. The summed E-state index contributed by atoms with van der Waals surface area (Å²) in [6.07, 6.45) is 6.68. The molecule has 0 unspecified atom stereocenters. The normalized spacial score (nSPS) is 10.2. The van der Waals surface area contributed by atoms with E-state index in [9.17, 15) is 4.79 Å². The summed E-state index contributed by atoms with van der Waals surface area (Å²) in [4.78, 5) is 25.4. The van der Waals surface area contributed by atoms with Crippen LogP contribution in [0.25, 0.3) is 0 Å². The lowest BCUT2D eigenvalue weighted by atomic mass is 10.2. The molecule has 108 valence electrons. The van der Waals surface area contributed by atoms with E-state index in [1.54, 1.807) is 60.0 Å². The van der Waals surface area contributed by atoms with Gasteiger partial charge in [-0.25, -0.2) is 14.8 Å². The number of pyridine rings is 1.